The SMILES string of the molecule is CC(C)C(=O)N1CCN(c2cccc3c2C(=O)N(Cc2cccc(F)c2)C3=O)CC1. The molecule has 2 aromatic carbocycles. The highest BCUT2D eigenvalue weighted by Gasteiger charge is 2.39. The summed E-state index contributed by atoms with van der Waals surface area (Å²) in [5.41, 5.74) is 2.04. The van der Waals surface area contributed by atoms with E-state index < -0.39 is 5.82 Å². The van der Waals surface area contributed by atoms with Gasteiger partial charge in [0.05, 0.1) is 23.4 Å². The topological polar surface area (TPSA) is 60.9 Å². The van der Waals surface area contributed by atoms with E-state index in [2.05, 4.69) is 4.90 Å². The van der Waals surface area contributed by atoms with Gasteiger partial charge in [-0.15, -0.1) is 0 Å². The third-order valence-corrected chi connectivity index (χ3v) is 5.63. The highest BCUT2D eigenvalue weighted by atomic mass is 19.1. The number of amides is 3. The highest BCUT2D eigenvalue weighted by Crippen LogP contribution is 2.33. The molecule has 0 radical (unpaired) electrons. The van der Waals surface area contributed by atoms with E-state index in [9.17, 15) is 18.8 Å². The maximum atomic E-state index is 13.5. The van der Waals surface area contributed by atoms with Crippen molar-refractivity contribution in [3.63, 3.8) is 0 Å². The lowest BCUT2D eigenvalue weighted by molar-refractivity contribution is -0.134. The third-order valence-electron chi connectivity index (χ3n) is 5.63. The van der Waals surface area contributed by atoms with Crippen molar-refractivity contribution in [3.05, 3.63) is 65.0 Å². The second kappa shape index (κ2) is 7.89. The summed E-state index contributed by atoms with van der Waals surface area (Å²) >= 11 is 0. The summed E-state index contributed by atoms with van der Waals surface area (Å²) < 4.78 is 13.5. The first-order valence-electron chi connectivity index (χ1n) is 10.1. The van der Waals surface area contributed by atoms with E-state index in [-0.39, 0.29) is 30.2 Å². The quantitative estimate of drug-likeness (QED) is 0.729. The van der Waals surface area contributed by atoms with Gasteiger partial charge in [0, 0.05) is 32.1 Å². The van der Waals surface area contributed by atoms with Crippen molar-refractivity contribution in [2.45, 2.75) is 20.4 Å². The molecule has 156 valence electrons. The van der Waals surface area contributed by atoms with Crippen LogP contribution in [0.2, 0.25) is 0 Å². The zero-order valence-electron chi connectivity index (χ0n) is 17.1. The van der Waals surface area contributed by atoms with E-state index in [1.165, 1.54) is 17.0 Å². The summed E-state index contributed by atoms with van der Waals surface area (Å²) in [6.45, 7) is 6.15. The Bertz CT molecular complexity index is 1010. The van der Waals surface area contributed by atoms with Gasteiger partial charge in [0.15, 0.2) is 0 Å². The molecule has 2 heterocycles. The van der Waals surface area contributed by atoms with Crippen molar-refractivity contribution in [2.24, 2.45) is 5.92 Å². The molecular weight excluding hydrogens is 385 g/mol. The number of fused-ring (bicyclic) bond motifs is 1. The summed E-state index contributed by atoms with van der Waals surface area (Å²) in [6, 6.07) is 11.2. The Morgan fingerprint density at radius 2 is 1.70 bits per heavy atom. The predicted molar refractivity (Wildman–Crippen MR) is 111 cm³/mol. The molecule has 30 heavy (non-hydrogen) atoms. The zero-order chi connectivity index (χ0) is 21.4. The summed E-state index contributed by atoms with van der Waals surface area (Å²) in [7, 11) is 0. The molecule has 0 aliphatic carbocycles. The van der Waals surface area contributed by atoms with Crippen LogP contribution in [-0.4, -0.2) is 53.7 Å². The second-order valence-electron chi connectivity index (χ2n) is 7.99. The molecule has 2 aliphatic rings. The van der Waals surface area contributed by atoms with Gasteiger partial charge in [0.2, 0.25) is 5.91 Å². The van der Waals surface area contributed by atoms with Gasteiger partial charge >= 0.3 is 0 Å². The molecule has 0 spiro atoms. The van der Waals surface area contributed by atoms with Crippen LogP contribution in [0.4, 0.5) is 10.1 Å². The van der Waals surface area contributed by atoms with Crippen LogP contribution in [0.5, 0.6) is 0 Å². The van der Waals surface area contributed by atoms with Crippen LogP contribution in [-0.2, 0) is 11.3 Å². The molecule has 7 heteroatoms. The van der Waals surface area contributed by atoms with E-state index >= 15 is 0 Å². The molecule has 2 aliphatic heterocycles. The Morgan fingerprint density at radius 1 is 1.00 bits per heavy atom. The minimum Gasteiger partial charge on any atom is -0.367 e. The molecule has 0 bridgehead atoms. The number of anilines is 1. The average molecular weight is 409 g/mol. The van der Waals surface area contributed by atoms with Gasteiger partial charge in [-0.2, -0.15) is 0 Å². The number of piperazine rings is 1. The molecule has 0 atom stereocenters. The largest absolute Gasteiger partial charge is 0.367 e. The Morgan fingerprint density at radius 3 is 2.37 bits per heavy atom. The zero-order valence-corrected chi connectivity index (χ0v) is 17.1. The number of benzene rings is 2. The number of hydrogen-bond donors (Lipinski definition) is 0. The molecule has 0 aromatic heterocycles. The van der Waals surface area contributed by atoms with E-state index in [1.54, 1.807) is 24.3 Å². The van der Waals surface area contributed by atoms with E-state index in [0.29, 0.717) is 48.6 Å². The summed E-state index contributed by atoms with van der Waals surface area (Å²) in [6.07, 6.45) is 0. The second-order valence-corrected chi connectivity index (χ2v) is 7.99. The summed E-state index contributed by atoms with van der Waals surface area (Å²) in [5, 5.41) is 0. The summed E-state index contributed by atoms with van der Waals surface area (Å²) in [4.78, 5) is 43.3. The lowest BCUT2D eigenvalue weighted by Crippen LogP contribution is -2.50. The molecule has 0 N–H and O–H groups in total. The first kappa shape index (κ1) is 20.1. The van der Waals surface area contributed by atoms with Gasteiger partial charge in [-0.1, -0.05) is 32.0 Å². The highest BCUT2D eigenvalue weighted by molar-refractivity contribution is 6.23. The maximum Gasteiger partial charge on any atom is 0.263 e. The van der Waals surface area contributed by atoms with Crippen molar-refractivity contribution in [2.75, 3.05) is 31.1 Å². The standard InChI is InChI=1S/C23H24FN3O3/c1-15(2)21(28)26-11-9-25(10-12-26)19-8-4-7-18-20(19)23(30)27(22(18)29)14-16-5-3-6-17(24)13-16/h3-8,13,15H,9-12,14H2,1-2H3. The summed E-state index contributed by atoms with van der Waals surface area (Å²) in [5.74, 6) is -1.06. The fraction of sp³-hybridized carbons (Fsp3) is 0.348. The van der Waals surface area contributed by atoms with E-state index in [4.69, 9.17) is 0 Å². The molecule has 1 saturated heterocycles. The van der Waals surface area contributed by atoms with Crippen molar-refractivity contribution >= 4 is 23.4 Å². The lowest BCUT2D eigenvalue weighted by Gasteiger charge is -2.37. The van der Waals surface area contributed by atoms with Gasteiger partial charge in [-0.05, 0) is 29.8 Å². The number of nitrogens with zero attached hydrogens (tertiary/aromatic N) is 3. The van der Waals surface area contributed by atoms with Crippen molar-refractivity contribution < 1.29 is 18.8 Å². The van der Waals surface area contributed by atoms with Gasteiger partial charge in [-0.3, -0.25) is 19.3 Å². The molecule has 3 amide bonds. The fourth-order valence-electron chi connectivity index (χ4n) is 4.07. The van der Waals surface area contributed by atoms with Gasteiger partial charge in [0.25, 0.3) is 11.8 Å². The van der Waals surface area contributed by atoms with Crippen molar-refractivity contribution in [3.8, 4) is 0 Å². The van der Waals surface area contributed by atoms with Crippen LogP contribution in [0, 0.1) is 11.7 Å². The number of halogens is 1. The average Bonchev–Trinajstić information content (AvgIpc) is 2.98. The van der Waals surface area contributed by atoms with Crippen LogP contribution in [0.1, 0.15) is 40.1 Å². The fourth-order valence-corrected chi connectivity index (χ4v) is 4.07. The number of rotatable bonds is 4. The Balaban J connectivity index is 1.56. The van der Waals surface area contributed by atoms with Crippen LogP contribution in [0.25, 0.3) is 0 Å². The Labute approximate surface area is 174 Å². The lowest BCUT2D eigenvalue weighted by atomic mass is 10.1. The molecule has 4 rings (SSSR count). The van der Waals surface area contributed by atoms with Crippen LogP contribution in [0.15, 0.2) is 42.5 Å². The Kier molecular flexibility index (Phi) is 5.28. The molecule has 1 fully saturated rings. The maximum absolute atomic E-state index is 13.5. The molecule has 0 unspecified atom stereocenters. The molecule has 6 nitrogen and oxygen atoms in total. The van der Waals surface area contributed by atoms with E-state index in [1.807, 2.05) is 24.8 Å². The number of hydrogen-bond acceptors (Lipinski definition) is 4. The van der Waals surface area contributed by atoms with Gasteiger partial charge < -0.3 is 9.80 Å². The van der Waals surface area contributed by atoms with Crippen LogP contribution in [0.3, 0.4) is 0 Å². The van der Waals surface area contributed by atoms with Crippen LogP contribution < -0.4 is 4.90 Å². The third kappa shape index (κ3) is 3.56. The smallest absolute Gasteiger partial charge is 0.263 e. The van der Waals surface area contributed by atoms with Gasteiger partial charge in [-0.25, -0.2) is 4.39 Å². The van der Waals surface area contributed by atoms with Gasteiger partial charge in [0.1, 0.15) is 5.82 Å². The molecule has 0 saturated carbocycles. The minimum atomic E-state index is -0.404. The van der Waals surface area contributed by atoms with Crippen molar-refractivity contribution in [1.82, 2.24) is 9.80 Å². The normalized spacial score (nSPS) is 16.5. The molecular formula is C23H24FN3O3. The number of carbonyl (C=O) groups is 3. The predicted octanol–water partition coefficient (Wildman–Crippen LogP) is 2.93. The van der Waals surface area contributed by atoms with Crippen LogP contribution >= 0.6 is 0 Å². The monoisotopic (exact) mass is 409 g/mol. The first-order chi connectivity index (χ1) is 14.4. The van der Waals surface area contributed by atoms with Crippen molar-refractivity contribution in [1.29, 1.82) is 0 Å². The van der Waals surface area contributed by atoms with E-state index in [0.717, 1.165) is 0 Å². The minimum absolute atomic E-state index is 0.0280. The number of imide groups is 1. The Hall–Kier alpha value is -3.22. The number of carbonyl (C=O) groups excluding carboxylic acids is 3. The molecule has 2 aromatic rings. The first-order valence-corrected chi connectivity index (χ1v) is 10.1.